The predicted molar refractivity (Wildman–Crippen MR) is 91.0 cm³/mol. The molecule has 0 unspecified atom stereocenters. The lowest BCUT2D eigenvalue weighted by Gasteiger charge is -2.26. The van der Waals surface area contributed by atoms with E-state index < -0.39 is 0 Å². The maximum absolute atomic E-state index is 12.1. The molecule has 0 aromatic heterocycles. The quantitative estimate of drug-likeness (QED) is 0.647. The summed E-state index contributed by atoms with van der Waals surface area (Å²) in [5.41, 5.74) is 0.979. The Hall–Kier alpha value is -1.64. The number of nitriles is 1. The zero-order valence-electron chi connectivity index (χ0n) is 12.5. The number of halogens is 1. The van der Waals surface area contributed by atoms with Crippen LogP contribution < -0.4 is 5.32 Å². The van der Waals surface area contributed by atoms with Gasteiger partial charge in [-0.15, -0.1) is 0 Å². The predicted octanol–water partition coefficient (Wildman–Crippen LogP) is 2.96. The van der Waals surface area contributed by atoms with Crippen molar-refractivity contribution in [2.45, 2.75) is 19.3 Å². The molecule has 1 aromatic rings. The Morgan fingerprint density at radius 3 is 2.59 bits per heavy atom. The Balaban J connectivity index is 1.86. The van der Waals surface area contributed by atoms with Crippen molar-refractivity contribution < 1.29 is 4.79 Å². The van der Waals surface area contributed by atoms with Crippen molar-refractivity contribution in [1.82, 2.24) is 10.2 Å². The summed E-state index contributed by atoms with van der Waals surface area (Å²) in [4.78, 5) is 14.4. The van der Waals surface area contributed by atoms with E-state index in [1.807, 2.05) is 30.3 Å². The van der Waals surface area contributed by atoms with Gasteiger partial charge < -0.3 is 10.2 Å². The van der Waals surface area contributed by atoms with E-state index in [1.54, 1.807) is 6.08 Å². The highest BCUT2D eigenvalue weighted by molar-refractivity contribution is 9.10. The number of likely N-dealkylation sites (tertiary alicyclic amines) is 1. The van der Waals surface area contributed by atoms with E-state index in [-0.39, 0.29) is 11.5 Å². The Morgan fingerprint density at radius 1 is 1.27 bits per heavy atom. The van der Waals surface area contributed by atoms with E-state index >= 15 is 0 Å². The van der Waals surface area contributed by atoms with Gasteiger partial charge >= 0.3 is 0 Å². The van der Waals surface area contributed by atoms with Crippen LogP contribution in [0.4, 0.5) is 0 Å². The highest BCUT2D eigenvalue weighted by Crippen LogP contribution is 2.13. The molecule has 1 heterocycles. The number of nitrogens with one attached hydrogen (secondary N) is 1. The summed E-state index contributed by atoms with van der Waals surface area (Å²) in [5.74, 6) is -0.303. The standard InChI is InChI=1S/C17H20BrN3O/c18-16-6-4-14(5-7-16)12-15(13-19)17(22)20-8-11-21-9-2-1-3-10-21/h4-7,12H,1-3,8-11H2,(H,20,22)/b15-12+. The lowest BCUT2D eigenvalue weighted by molar-refractivity contribution is -0.117. The van der Waals surface area contributed by atoms with Crippen molar-refractivity contribution in [3.05, 3.63) is 39.9 Å². The van der Waals surface area contributed by atoms with Crippen LogP contribution in [0.15, 0.2) is 34.3 Å². The molecule has 1 aliphatic heterocycles. The van der Waals surface area contributed by atoms with E-state index in [2.05, 4.69) is 26.1 Å². The van der Waals surface area contributed by atoms with Gasteiger partial charge in [-0.1, -0.05) is 34.5 Å². The summed E-state index contributed by atoms with van der Waals surface area (Å²) in [6.45, 7) is 3.65. The summed E-state index contributed by atoms with van der Waals surface area (Å²) in [6.07, 6.45) is 5.39. The van der Waals surface area contributed by atoms with Crippen LogP contribution in [-0.4, -0.2) is 37.0 Å². The van der Waals surface area contributed by atoms with Gasteiger partial charge in [-0.25, -0.2) is 0 Å². The van der Waals surface area contributed by atoms with Crippen LogP contribution in [0.2, 0.25) is 0 Å². The van der Waals surface area contributed by atoms with Crippen LogP contribution in [0.25, 0.3) is 6.08 Å². The van der Waals surface area contributed by atoms with Gasteiger partial charge in [-0.2, -0.15) is 5.26 Å². The van der Waals surface area contributed by atoms with Crippen LogP contribution in [0, 0.1) is 11.3 Å². The number of nitrogens with zero attached hydrogens (tertiary/aromatic N) is 2. The lowest BCUT2D eigenvalue weighted by Crippen LogP contribution is -2.37. The van der Waals surface area contributed by atoms with Gasteiger partial charge in [-0.3, -0.25) is 4.79 Å². The number of carbonyl (C=O) groups excluding carboxylic acids is 1. The molecule has 1 amide bonds. The van der Waals surface area contributed by atoms with Gasteiger partial charge in [0.15, 0.2) is 0 Å². The number of benzene rings is 1. The number of hydrogen-bond donors (Lipinski definition) is 1. The molecule has 5 heteroatoms. The SMILES string of the molecule is N#C/C(=C\c1ccc(Br)cc1)C(=O)NCCN1CCCCC1. The summed E-state index contributed by atoms with van der Waals surface area (Å²) in [5, 5.41) is 12.0. The monoisotopic (exact) mass is 361 g/mol. The summed E-state index contributed by atoms with van der Waals surface area (Å²) in [7, 11) is 0. The molecule has 2 rings (SSSR count). The molecule has 0 radical (unpaired) electrons. The highest BCUT2D eigenvalue weighted by atomic mass is 79.9. The average molecular weight is 362 g/mol. The molecular formula is C17H20BrN3O. The summed E-state index contributed by atoms with van der Waals surface area (Å²) < 4.78 is 0.967. The van der Waals surface area contributed by atoms with Gasteiger partial charge in [0.1, 0.15) is 11.6 Å². The van der Waals surface area contributed by atoms with Crippen LogP contribution in [0.5, 0.6) is 0 Å². The summed E-state index contributed by atoms with van der Waals surface area (Å²) in [6, 6.07) is 9.47. The van der Waals surface area contributed by atoms with Gasteiger partial charge in [0.25, 0.3) is 5.91 Å². The molecular weight excluding hydrogens is 342 g/mol. The fourth-order valence-electron chi connectivity index (χ4n) is 2.48. The fraction of sp³-hybridized carbons (Fsp3) is 0.412. The van der Waals surface area contributed by atoms with Crippen molar-refractivity contribution in [3.63, 3.8) is 0 Å². The number of rotatable bonds is 5. The van der Waals surface area contributed by atoms with Crippen molar-refractivity contribution in [2.75, 3.05) is 26.2 Å². The zero-order chi connectivity index (χ0) is 15.8. The first-order valence-electron chi connectivity index (χ1n) is 7.57. The first-order valence-corrected chi connectivity index (χ1v) is 8.36. The third kappa shape index (κ3) is 5.28. The molecule has 22 heavy (non-hydrogen) atoms. The molecule has 1 fully saturated rings. The van der Waals surface area contributed by atoms with Crippen molar-refractivity contribution in [1.29, 1.82) is 5.26 Å². The maximum Gasteiger partial charge on any atom is 0.261 e. The average Bonchev–Trinajstić information content (AvgIpc) is 2.55. The molecule has 1 aromatic carbocycles. The smallest absolute Gasteiger partial charge is 0.261 e. The van der Waals surface area contributed by atoms with E-state index in [0.717, 1.165) is 29.7 Å². The van der Waals surface area contributed by atoms with Gasteiger partial charge in [0, 0.05) is 17.6 Å². The molecule has 0 bridgehead atoms. The second-order valence-electron chi connectivity index (χ2n) is 5.38. The minimum absolute atomic E-state index is 0.140. The molecule has 0 aliphatic carbocycles. The molecule has 1 N–H and O–H groups in total. The maximum atomic E-state index is 12.1. The van der Waals surface area contributed by atoms with Crippen molar-refractivity contribution in [3.8, 4) is 6.07 Å². The van der Waals surface area contributed by atoms with E-state index in [0.29, 0.717) is 6.54 Å². The molecule has 0 saturated carbocycles. The number of piperidine rings is 1. The van der Waals surface area contributed by atoms with Crippen LogP contribution in [0.1, 0.15) is 24.8 Å². The third-order valence-corrected chi connectivity index (χ3v) is 4.24. The minimum atomic E-state index is -0.303. The Morgan fingerprint density at radius 2 is 1.95 bits per heavy atom. The van der Waals surface area contributed by atoms with Gasteiger partial charge in [-0.05, 0) is 49.7 Å². The first kappa shape index (κ1) is 16.7. The molecule has 0 spiro atoms. The molecule has 1 aliphatic rings. The largest absolute Gasteiger partial charge is 0.350 e. The van der Waals surface area contributed by atoms with Crippen LogP contribution in [0.3, 0.4) is 0 Å². The number of amides is 1. The highest BCUT2D eigenvalue weighted by Gasteiger charge is 2.12. The number of carbonyl (C=O) groups is 1. The zero-order valence-corrected chi connectivity index (χ0v) is 14.1. The van der Waals surface area contributed by atoms with Crippen molar-refractivity contribution in [2.24, 2.45) is 0 Å². The second kappa shape index (κ2) is 8.72. The minimum Gasteiger partial charge on any atom is -0.350 e. The van der Waals surface area contributed by atoms with E-state index in [1.165, 1.54) is 19.3 Å². The third-order valence-electron chi connectivity index (χ3n) is 3.71. The fourth-order valence-corrected chi connectivity index (χ4v) is 2.74. The van der Waals surface area contributed by atoms with Gasteiger partial charge in [0.05, 0.1) is 0 Å². The Kier molecular flexibility index (Phi) is 6.63. The van der Waals surface area contributed by atoms with Crippen LogP contribution in [-0.2, 0) is 4.79 Å². The molecule has 116 valence electrons. The van der Waals surface area contributed by atoms with E-state index in [4.69, 9.17) is 5.26 Å². The topological polar surface area (TPSA) is 56.1 Å². The van der Waals surface area contributed by atoms with Gasteiger partial charge in [0.2, 0.25) is 0 Å². The lowest BCUT2D eigenvalue weighted by atomic mass is 10.1. The molecule has 1 saturated heterocycles. The Bertz CT molecular complexity index is 569. The molecule has 4 nitrogen and oxygen atoms in total. The summed E-state index contributed by atoms with van der Waals surface area (Å²) >= 11 is 3.36. The normalized spacial score (nSPS) is 16.1. The number of hydrogen-bond acceptors (Lipinski definition) is 3. The van der Waals surface area contributed by atoms with Crippen LogP contribution >= 0.6 is 15.9 Å². The van der Waals surface area contributed by atoms with Crippen molar-refractivity contribution >= 4 is 27.9 Å². The first-order chi connectivity index (χ1) is 10.7. The Labute approximate surface area is 139 Å². The molecule has 0 atom stereocenters. The van der Waals surface area contributed by atoms with E-state index in [9.17, 15) is 4.79 Å². The second-order valence-corrected chi connectivity index (χ2v) is 6.30.